The Labute approximate surface area is 114 Å². The number of carboxylic acid groups (broad SMARTS) is 1. The van der Waals surface area contributed by atoms with E-state index in [1.54, 1.807) is 12.1 Å². The summed E-state index contributed by atoms with van der Waals surface area (Å²) in [5.74, 6) is -1.31. The molecule has 0 heterocycles. The molecule has 0 aromatic heterocycles. The van der Waals surface area contributed by atoms with Gasteiger partial charge in [0, 0.05) is 0 Å². The summed E-state index contributed by atoms with van der Waals surface area (Å²) >= 11 is 0. The topological polar surface area (TPSA) is 57.5 Å². The Bertz CT molecular complexity index is 265. The fourth-order valence-corrected chi connectivity index (χ4v) is 0.654. The molecule has 0 radical (unpaired) electrons. The molecule has 11 heavy (non-hydrogen) atoms. The number of rotatable bonds is 1. The molecule has 0 unspecified atom stereocenters. The summed E-state index contributed by atoms with van der Waals surface area (Å²) in [6.07, 6.45) is 0. The zero-order chi connectivity index (χ0) is 7.56. The summed E-state index contributed by atoms with van der Waals surface area (Å²) in [7, 11) is 0. The van der Waals surface area contributed by atoms with E-state index in [0.29, 0.717) is 0 Å². The number of hydrogen-bond acceptors (Lipinski definition) is 2. The third-order valence-electron chi connectivity index (χ3n) is 1.13. The first-order valence-electron chi connectivity index (χ1n) is 2.73. The summed E-state index contributed by atoms with van der Waals surface area (Å²) in [5.41, 5.74) is -0.0671. The molecule has 2 N–H and O–H groups in total. The zero-order valence-corrected chi connectivity index (χ0v) is 11.0. The van der Waals surface area contributed by atoms with Crippen LogP contribution in [0.3, 0.4) is 0 Å². The molecule has 0 spiro atoms. The summed E-state index contributed by atoms with van der Waals surface area (Å²) in [5, 5.41) is 17.3. The Kier molecular flexibility index (Phi) is 5.17. The number of aromatic carboxylic acids is 1. The van der Waals surface area contributed by atoms with Gasteiger partial charge in [0.2, 0.25) is 0 Å². The van der Waals surface area contributed by atoms with Crippen LogP contribution in [0.4, 0.5) is 0 Å². The van der Waals surface area contributed by atoms with Gasteiger partial charge in [-0.15, -0.1) is 0 Å². The normalized spacial score (nSPS) is 8.36. The molecular weight excluding hydrogens is 218 g/mol. The standard InChI is InChI=1S/C7H6O3.Rb.H/c8-6-4-2-1-3-5(6)7(9)10;;/h1-4,8H,(H,9,10);;/q;+1;-1. The minimum absolute atomic E-state index is 0. The van der Waals surface area contributed by atoms with E-state index in [0.717, 1.165) is 0 Å². The molecule has 0 aliphatic carbocycles. The van der Waals surface area contributed by atoms with E-state index < -0.39 is 5.97 Å². The molecule has 1 aromatic rings. The monoisotopic (exact) mass is 224 g/mol. The summed E-state index contributed by atoms with van der Waals surface area (Å²) in [6, 6.07) is 5.81. The number of phenols is 1. The summed E-state index contributed by atoms with van der Waals surface area (Å²) < 4.78 is 0. The van der Waals surface area contributed by atoms with Crippen LogP contribution in [0.25, 0.3) is 0 Å². The molecule has 0 saturated carbocycles. The number of benzene rings is 1. The Morgan fingerprint density at radius 3 is 2.27 bits per heavy atom. The van der Waals surface area contributed by atoms with Crippen molar-refractivity contribution in [2.75, 3.05) is 0 Å². The Morgan fingerprint density at radius 1 is 1.36 bits per heavy atom. The van der Waals surface area contributed by atoms with Gasteiger partial charge >= 0.3 is 64.2 Å². The number of carbonyl (C=O) groups is 1. The molecule has 1 aromatic carbocycles. The Morgan fingerprint density at radius 2 is 1.91 bits per heavy atom. The van der Waals surface area contributed by atoms with Crippen LogP contribution in [0.1, 0.15) is 11.8 Å². The molecule has 0 aliphatic heterocycles. The van der Waals surface area contributed by atoms with E-state index in [4.69, 9.17) is 10.2 Å². The molecule has 0 atom stereocenters. The van der Waals surface area contributed by atoms with Gasteiger partial charge in [0.1, 0.15) is 11.3 Å². The molecule has 0 bridgehead atoms. The molecule has 1 rings (SSSR count). The predicted molar refractivity (Wildman–Crippen MR) is 36.2 cm³/mol. The van der Waals surface area contributed by atoms with E-state index >= 15 is 0 Å². The second kappa shape index (κ2) is 5.03. The van der Waals surface area contributed by atoms with Gasteiger partial charge in [0.25, 0.3) is 0 Å². The van der Waals surface area contributed by atoms with Gasteiger partial charge in [-0.2, -0.15) is 0 Å². The van der Waals surface area contributed by atoms with Crippen molar-refractivity contribution in [3.05, 3.63) is 29.8 Å². The first-order chi connectivity index (χ1) is 4.72. The van der Waals surface area contributed by atoms with E-state index in [1.807, 2.05) is 0 Å². The number of carboxylic acids is 1. The van der Waals surface area contributed by atoms with Gasteiger partial charge in [-0.05, 0) is 12.1 Å². The van der Waals surface area contributed by atoms with Crippen molar-refractivity contribution in [1.82, 2.24) is 0 Å². The average Bonchev–Trinajstić information content (AvgIpc) is 1.88. The van der Waals surface area contributed by atoms with Crippen molar-refractivity contribution in [2.24, 2.45) is 0 Å². The van der Waals surface area contributed by atoms with Crippen molar-refractivity contribution in [3.8, 4) is 5.75 Å². The quantitative estimate of drug-likeness (QED) is 0.592. The maximum absolute atomic E-state index is 10.3. The minimum Gasteiger partial charge on any atom is -1.00 e. The van der Waals surface area contributed by atoms with Gasteiger partial charge in [-0.25, -0.2) is 4.79 Å². The van der Waals surface area contributed by atoms with Crippen LogP contribution >= 0.6 is 0 Å². The van der Waals surface area contributed by atoms with Crippen LogP contribution in [0, 0.1) is 0 Å². The van der Waals surface area contributed by atoms with E-state index in [-0.39, 0.29) is 70.9 Å². The molecule has 0 aliphatic rings. The Balaban J connectivity index is 0. The van der Waals surface area contributed by atoms with E-state index in [2.05, 4.69) is 0 Å². The maximum atomic E-state index is 10.3. The fourth-order valence-electron chi connectivity index (χ4n) is 0.654. The van der Waals surface area contributed by atoms with Crippen molar-refractivity contribution < 1.29 is 74.6 Å². The molecule has 0 saturated heterocycles. The van der Waals surface area contributed by atoms with Crippen molar-refractivity contribution in [2.45, 2.75) is 0 Å². The number of hydrogen-bond donors (Lipinski definition) is 2. The van der Waals surface area contributed by atoms with Crippen LogP contribution < -0.4 is 58.2 Å². The predicted octanol–water partition coefficient (Wildman–Crippen LogP) is -1.79. The van der Waals surface area contributed by atoms with Gasteiger partial charge < -0.3 is 11.6 Å². The Hall–Kier alpha value is 0.295. The van der Waals surface area contributed by atoms with Crippen LogP contribution in [-0.4, -0.2) is 16.2 Å². The smallest absolute Gasteiger partial charge is 1.00 e. The molecule has 0 fully saturated rings. The molecule has 3 nitrogen and oxygen atoms in total. The van der Waals surface area contributed by atoms with Crippen molar-refractivity contribution in [3.63, 3.8) is 0 Å². The van der Waals surface area contributed by atoms with Crippen LogP contribution in [0.2, 0.25) is 0 Å². The number of para-hydroxylation sites is 1. The maximum Gasteiger partial charge on any atom is 1.00 e. The first-order valence-corrected chi connectivity index (χ1v) is 2.73. The van der Waals surface area contributed by atoms with Crippen molar-refractivity contribution in [1.29, 1.82) is 0 Å². The second-order valence-corrected chi connectivity index (χ2v) is 1.82. The summed E-state index contributed by atoms with van der Waals surface area (Å²) in [4.78, 5) is 10.3. The SMILES string of the molecule is O=C(O)c1ccccc1O.[H-].[Rb+]. The average molecular weight is 225 g/mol. The largest absolute Gasteiger partial charge is 1.00 e. The third kappa shape index (κ3) is 3.03. The first kappa shape index (κ1) is 11.3. The van der Waals surface area contributed by atoms with Crippen LogP contribution in [0.15, 0.2) is 24.3 Å². The molecule has 54 valence electrons. The second-order valence-electron chi connectivity index (χ2n) is 1.82. The summed E-state index contributed by atoms with van der Waals surface area (Å²) in [6.45, 7) is 0. The third-order valence-corrected chi connectivity index (χ3v) is 1.13. The van der Waals surface area contributed by atoms with Crippen LogP contribution in [-0.2, 0) is 0 Å². The molecule has 0 amide bonds. The van der Waals surface area contributed by atoms with Gasteiger partial charge in [0.15, 0.2) is 0 Å². The zero-order valence-electron chi connectivity index (χ0n) is 7.11. The van der Waals surface area contributed by atoms with Gasteiger partial charge in [0.05, 0.1) is 0 Å². The fraction of sp³-hybridized carbons (Fsp3) is 0. The van der Waals surface area contributed by atoms with E-state index in [1.165, 1.54) is 12.1 Å². The molecular formula is C7H7O3Rb. The number of aromatic hydroxyl groups is 1. The minimum atomic E-state index is -1.11. The van der Waals surface area contributed by atoms with Gasteiger partial charge in [-0.3, -0.25) is 0 Å². The van der Waals surface area contributed by atoms with E-state index in [9.17, 15) is 4.79 Å². The van der Waals surface area contributed by atoms with Gasteiger partial charge in [-0.1, -0.05) is 12.1 Å². The van der Waals surface area contributed by atoms with Crippen molar-refractivity contribution >= 4 is 5.97 Å². The van der Waals surface area contributed by atoms with Crippen LogP contribution in [0.5, 0.6) is 5.75 Å². The molecule has 4 heteroatoms.